The van der Waals surface area contributed by atoms with E-state index >= 15 is 0 Å². The molecule has 2 rings (SSSR count). The van der Waals surface area contributed by atoms with Gasteiger partial charge in [0.1, 0.15) is 0 Å². The second kappa shape index (κ2) is 5.34. The third-order valence-corrected chi connectivity index (χ3v) is 2.70. The highest BCUT2D eigenvalue weighted by Gasteiger charge is 2.07. The maximum atomic E-state index is 8.36. The summed E-state index contributed by atoms with van der Waals surface area (Å²) < 4.78 is 0. The Morgan fingerprint density at radius 3 is 2.82 bits per heavy atom. The van der Waals surface area contributed by atoms with Gasteiger partial charge in [-0.1, -0.05) is 34.9 Å². The molecule has 4 nitrogen and oxygen atoms in total. The molecule has 0 N–H and O–H groups in total. The van der Waals surface area contributed by atoms with Gasteiger partial charge in [-0.25, -0.2) is 0 Å². The van der Waals surface area contributed by atoms with Gasteiger partial charge in [0.15, 0.2) is 0 Å². The highest BCUT2D eigenvalue weighted by atomic mass is 35.5. The highest BCUT2D eigenvalue weighted by Crippen LogP contribution is 2.30. The molecule has 0 atom stereocenters. The Labute approximate surface area is 104 Å². The summed E-state index contributed by atoms with van der Waals surface area (Å²) in [5.41, 5.74) is 11.1. The Hall–Kier alpha value is -2.03. The fourth-order valence-corrected chi connectivity index (χ4v) is 1.84. The van der Waals surface area contributed by atoms with E-state index in [1.165, 1.54) is 0 Å². The molecule has 1 heterocycles. The maximum Gasteiger partial charge on any atom is 0.0532 e. The van der Waals surface area contributed by atoms with Crippen molar-refractivity contribution in [2.24, 2.45) is 5.11 Å². The van der Waals surface area contributed by atoms with E-state index in [0.29, 0.717) is 5.02 Å². The van der Waals surface area contributed by atoms with Crippen LogP contribution in [0.3, 0.4) is 0 Å². The van der Waals surface area contributed by atoms with E-state index in [1.807, 2.05) is 30.3 Å². The Morgan fingerprint density at radius 1 is 1.24 bits per heavy atom. The largest absolute Gasteiger partial charge is 0.264 e. The van der Waals surface area contributed by atoms with E-state index in [9.17, 15) is 0 Å². The van der Waals surface area contributed by atoms with Gasteiger partial charge in [-0.15, -0.1) is 0 Å². The van der Waals surface area contributed by atoms with Gasteiger partial charge in [0.2, 0.25) is 0 Å². The first-order chi connectivity index (χ1) is 8.33. The third-order valence-electron chi connectivity index (χ3n) is 2.37. The molecule has 0 aliphatic heterocycles. The number of hydrogen-bond acceptors (Lipinski definition) is 2. The molecular formula is C12H9ClN4. The van der Waals surface area contributed by atoms with Crippen molar-refractivity contribution < 1.29 is 0 Å². The zero-order valence-electron chi connectivity index (χ0n) is 8.92. The fraction of sp³-hybridized carbons (Fsp3) is 0.0833. The SMILES string of the molecule is [N-]=[N+]=NCc1cnccc1-c1ccccc1Cl. The molecule has 1 aromatic heterocycles. The summed E-state index contributed by atoms with van der Waals surface area (Å²) in [4.78, 5) is 6.78. The zero-order chi connectivity index (χ0) is 12.1. The van der Waals surface area contributed by atoms with Crippen LogP contribution in [-0.2, 0) is 6.54 Å². The standard InChI is InChI=1S/C12H9ClN4/c13-12-4-2-1-3-11(12)10-5-6-15-7-9(10)8-16-17-14/h1-7H,8H2. The first-order valence-electron chi connectivity index (χ1n) is 5.01. The summed E-state index contributed by atoms with van der Waals surface area (Å²) in [6, 6.07) is 9.41. The highest BCUT2D eigenvalue weighted by molar-refractivity contribution is 6.33. The van der Waals surface area contributed by atoms with Crippen molar-refractivity contribution in [1.29, 1.82) is 0 Å². The van der Waals surface area contributed by atoms with E-state index in [1.54, 1.807) is 12.4 Å². The van der Waals surface area contributed by atoms with Crippen LogP contribution in [0.5, 0.6) is 0 Å². The van der Waals surface area contributed by atoms with Gasteiger partial charge in [0, 0.05) is 27.9 Å². The average molecular weight is 245 g/mol. The first kappa shape index (κ1) is 11.5. The lowest BCUT2D eigenvalue weighted by Gasteiger charge is -2.08. The van der Waals surface area contributed by atoms with Gasteiger partial charge < -0.3 is 0 Å². The number of nitrogens with zero attached hydrogens (tertiary/aromatic N) is 4. The number of pyridine rings is 1. The predicted octanol–water partition coefficient (Wildman–Crippen LogP) is 4.21. The second-order valence-corrected chi connectivity index (χ2v) is 3.81. The van der Waals surface area contributed by atoms with Gasteiger partial charge in [-0.05, 0) is 28.8 Å². The van der Waals surface area contributed by atoms with Gasteiger partial charge in [-0.3, -0.25) is 4.98 Å². The van der Waals surface area contributed by atoms with Crippen molar-refractivity contribution >= 4 is 11.6 Å². The number of halogens is 1. The lowest BCUT2D eigenvalue weighted by atomic mass is 10.0. The molecule has 0 bridgehead atoms. The number of azide groups is 1. The van der Waals surface area contributed by atoms with Gasteiger partial charge >= 0.3 is 0 Å². The van der Waals surface area contributed by atoms with E-state index in [2.05, 4.69) is 15.0 Å². The lowest BCUT2D eigenvalue weighted by Crippen LogP contribution is -1.89. The van der Waals surface area contributed by atoms with Crippen molar-refractivity contribution in [3.8, 4) is 11.1 Å². The quantitative estimate of drug-likeness (QED) is 0.453. The van der Waals surface area contributed by atoms with Crippen molar-refractivity contribution in [1.82, 2.24) is 4.98 Å². The normalized spacial score (nSPS) is 9.71. The third kappa shape index (κ3) is 2.56. The molecule has 0 radical (unpaired) electrons. The second-order valence-electron chi connectivity index (χ2n) is 3.40. The predicted molar refractivity (Wildman–Crippen MR) is 67.5 cm³/mol. The molecule has 0 aliphatic carbocycles. The number of rotatable bonds is 3. The molecule has 84 valence electrons. The Balaban J connectivity index is 2.51. The number of aromatic nitrogens is 1. The van der Waals surface area contributed by atoms with Crippen LogP contribution in [-0.4, -0.2) is 4.98 Å². The van der Waals surface area contributed by atoms with Crippen LogP contribution in [0.25, 0.3) is 21.6 Å². The van der Waals surface area contributed by atoms with Crippen LogP contribution < -0.4 is 0 Å². The maximum absolute atomic E-state index is 8.36. The molecule has 1 aromatic carbocycles. The lowest BCUT2D eigenvalue weighted by molar-refractivity contribution is 1.03. The minimum atomic E-state index is 0.269. The van der Waals surface area contributed by atoms with E-state index in [-0.39, 0.29) is 6.54 Å². The van der Waals surface area contributed by atoms with Gasteiger partial charge in [0.05, 0.1) is 6.54 Å². The summed E-state index contributed by atoms with van der Waals surface area (Å²) >= 11 is 6.14. The van der Waals surface area contributed by atoms with Crippen LogP contribution in [0.2, 0.25) is 5.02 Å². The Bertz CT molecular complexity index is 576. The summed E-state index contributed by atoms with van der Waals surface area (Å²) in [5, 5.41) is 4.22. The smallest absolute Gasteiger partial charge is 0.0532 e. The summed E-state index contributed by atoms with van der Waals surface area (Å²) in [6.07, 6.45) is 3.38. The molecule has 0 amide bonds. The Morgan fingerprint density at radius 2 is 2.06 bits per heavy atom. The van der Waals surface area contributed by atoms with Crippen molar-refractivity contribution in [3.63, 3.8) is 0 Å². The zero-order valence-corrected chi connectivity index (χ0v) is 9.67. The van der Waals surface area contributed by atoms with E-state index < -0.39 is 0 Å². The van der Waals surface area contributed by atoms with E-state index in [4.69, 9.17) is 17.1 Å². The number of benzene rings is 1. The van der Waals surface area contributed by atoms with E-state index in [0.717, 1.165) is 16.7 Å². The van der Waals surface area contributed by atoms with Crippen LogP contribution in [0, 0.1) is 0 Å². The van der Waals surface area contributed by atoms with Crippen LogP contribution >= 0.6 is 11.6 Å². The molecule has 2 aromatic rings. The van der Waals surface area contributed by atoms with Gasteiger partial charge in [-0.2, -0.15) is 0 Å². The first-order valence-corrected chi connectivity index (χ1v) is 5.39. The molecule has 0 spiro atoms. The van der Waals surface area contributed by atoms with Crippen molar-refractivity contribution in [2.75, 3.05) is 0 Å². The van der Waals surface area contributed by atoms with Crippen LogP contribution in [0.4, 0.5) is 0 Å². The molecule has 0 unspecified atom stereocenters. The molecule has 5 heteroatoms. The molecule has 17 heavy (non-hydrogen) atoms. The average Bonchev–Trinajstić information content (AvgIpc) is 2.37. The molecule has 0 fully saturated rings. The fourth-order valence-electron chi connectivity index (χ4n) is 1.60. The van der Waals surface area contributed by atoms with Crippen LogP contribution in [0.1, 0.15) is 5.56 Å². The molecular weight excluding hydrogens is 236 g/mol. The molecule has 0 saturated carbocycles. The summed E-state index contributed by atoms with van der Waals surface area (Å²) in [5.74, 6) is 0. The molecule has 0 aliphatic rings. The summed E-state index contributed by atoms with van der Waals surface area (Å²) in [7, 11) is 0. The minimum Gasteiger partial charge on any atom is -0.264 e. The van der Waals surface area contributed by atoms with Crippen molar-refractivity contribution in [2.45, 2.75) is 6.54 Å². The topological polar surface area (TPSA) is 61.7 Å². The number of hydrogen-bond donors (Lipinski definition) is 0. The van der Waals surface area contributed by atoms with Crippen LogP contribution in [0.15, 0.2) is 47.8 Å². The van der Waals surface area contributed by atoms with Crippen molar-refractivity contribution in [3.05, 3.63) is 63.8 Å². The Kier molecular flexibility index (Phi) is 3.60. The summed E-state index contributed by atoms with van der Waals surface area (Å²) in [6.45, 7) is 0.269. The minimum absolute atomic E-state index is 0.269. The molecule has 0 saturated heterocycles. The monoisotopic (exact) mass is 244 g/mol. The van der Waals surface area contributed by atoms with Gasteiger partial charge in [0.25, 0.3) is 0 Å².